The smallest absolute Gasteiger partial charge is 0.0297 e. The van der Waals surface area contributed by atoms with Gasteiger partial charge in [0.1, 0.15) is 0 Å². The van der Waals surface area contributed by atoms with Crippen LogP contribution in [0.5, 0.6) is 0 Å². The standard InChI is InChI=1S/C17H21NS/c1-13-6-4-5-7-17(13)14(2)18-12-15-8-10-16(19-3)11-9-15/h4-11,14,18H,12H2,1-3H3/t14-/m0/s1. The summed E-state index contributed by atoms with van der Waals surface area (Å²) in [6.07, 6.45) is 2.10. The summed E-state index contributed by atoms with van der Waals surface area (Å²) in [5, 5.41) is 3.59. The summed E-state index contributed by atoms with van der Waals surface area (Å²) in [7, 11) is 0. The molecule has 1 atom stereocenters. The SMILES string of the molecule is CSc1ccc(CN[C@@H](C)c2ccccc2C)cc1. The van der Waals surface area contributed by atoms with Crippen molar-refractivity contribution in [2.45, 2.75) is 31.3 Å². The minimum Gasteiger partial charge on any atom is -0.306 e. The molecule has 19 heavy (non-hydrogen) atoms. The van der Waals surface area contributed by atoms with Crippen molar-refractivity contribution < 1.29 is 0 Å². The summed E-state index contributed by atoms with van der Waals surface area (Å²) in [5.74, 6) is 0. The summed E-state index contributed by atoms with van der Waals surface area (Å²) in [6, 6.07) is 17.7. The van der Waals surface area contributed by atoms with Crippen molar-refractivity contribution >= 4 is 11.8 Å². The lowest BCUT2D eigenvalue weighted by Crippen LogP contribution is -2.18. The third kappa shape index (κ3) is 3.85. The third-order valence-corrected chi connectivity index (χ3v) is 4.17. The molecule has 2 aromatic rings. The number of rotatable bonds is 5. The van der Waals surface area contributed by atoms with Crippen LogP contribution >= 0.6 is 11.8 Å². The van der Waals surface area contributed by atoms with Gasteiger partial charge in [-0.1, -0.05) is 36.4 Å². The molecule has 0 aliphatic rings. The lowest BCUT2D eigenvalue weighted by molar-refractivity contribution is 0.572. The summed E-state index contributed by atoms with van der Waals surface area (Å²) in [6.45, 7) is 5.30. The number of aryl methyl sites for hydroxylation is 1. The molecular formula is C17H21NS. The number of hydrogen-bond acceptors (Lipinski definition) is 2. The lowest BCUT2D eigenvalue weighted by atomic mass is 10.0. The van der Waals surface area contributed by atoms with E-state index >= 15 is 0 Å². The summed E-state index contributed by atoms with van der Waals surface area (Å²) in [5.41, 5.74) is 4.06. The quantitative estimate of drug-likeness (QED) is 0.800. The molecule has 0 saturated carbocycles. The van der Waals surface area contributed by atoms with Crippen LogP contribution in [0.4, 0.5) is 0 Å². The van der Waals surface area contributed by atoms with E-state index in [0.717, 1.165) is 6.54 Å². The lowest BCUT2D eigenvalue weighted by Gasteiger charge is -2.16. The maximum Gasteiger partial charge on any atom is 0.0297 e. The van der Waals surface area contributed by atoms with E-state index in [1.54, 1.807) is 11.8 Å². The van der Waals surface area contributed by atoms with Gasteiger partial charge in [-0.2, -0.15) is 0 Å². The maximum absolute atomic E-state index is 3.59. The Morgan fingerprint density at radius 3 is 2.37 bits per heavy atom. The van der Waals surface area contributed by atoms with Crippen molar-refractivity contribution in [3.63, 3.8) is 0 Å². The maximum atomic E-state index is 3.59. The highest BCUT2D eigenvalue weighted by molar-refractivity contribution is 7.98. The first kappa shape index (κ1) is 14.2. The van der Waals surface area contributed by atoms with E-state index in [1.807, 2.05) is 0 Å². The Kier molecular flexibility index (Phi) is 5.06. The van der Waals surface area contributed by atoms with Crippen molar-refractivity contribution in [2.24, 2.45) is 0 Å². The predicted molar refractivity (Wildman–Crippen MR) is 84.7 cm³/mol. The molecule has 1 N–H and O–H groups in total. The van der Waals surface area contributed by atoms with Gasteiger partial charge >= 0.3 is 0 Å². The van der Waals surface area contributed by atoms with Crippen LogP contribution in [0.25, 0.3) is 0 Å². The molecule has 0 fully saturated rings. The topological polar surface area (TPSA) is 12.0 Å². The molecule has 0 spiro atoms. The molecule has 0 unspecified atom stereocenters. The summed E-state index contributed by atoms with van der Waals surface area (Å²) in [4.78, 5) is 1.32. The fourth-order valence-corrected chi connectivity index (χ4v) is 2.61. The average molecular weight is 271 g/mol. The van der Waals surface area contributed by atoms with Crippen LogP contribution in [0.3, 0.4) is 0 Å². The fraction of sp³-hybridized carbons (Fsp3) is 0.294. The summed E-state index contributed by atoms with van der Waals surface area (Å²) >= 11 is 1.78. The molecular weight excluding hydrogens is 250 g/mol. The Morgan fingerprint density at radius 2 is 1.74 bits per heavy atom. The van der Waals surface area contributed by atoms with Crippen molar-refractivity contribution in [2.75, 3.05) is 6.26 Å². The van der Waals surface area contributed by atoms with Crippen molar-refractivity contribution in [1.29, 1.82) is 0 Å². The van der Waals surface area contributed by atoms with Crippen LogP contribution in [-0.2, 0) is 6.54 Å². The van der Waals surface area contributed by atoms with E-state index < -0.39 is 0 Å². The van der Waals surface area contributed by atoms with Crippen LogP contribution in [0, 0.1) is 6.92 Å². The van der Waals surface area contributed by atoms with E-state index in [2.05, 4.69) is 74.0 Å². The van der Waals surface area contributed by atoms with Gasteiger partial charge in [0.15, 0.2) is 0 Å². The summed E-state index contributed by atoms with van der Waals surface area (Å²) < 4.78 is 0. The molecule has 2 aromatic carbocycles. The number of thioether (sulfide) groups is 1. The third-order valence-electron chi connectivity index (χ3n) is 3.43. The van der Waals surface area contributed by atoms with Gasteiger partial charge in [-0.05, 0) is 48.9 Å². The van der Waals surface area contributed by atoms with Crippen molar-refractivity contribution in [1.82, 2.24) is 5.32 Å². The van der Waals surface area contributed by atoms with Crippen LogP contribution in [0.2, 0.25) is 0 Å². The Morgan fingerprint density at radius 1 is 1.05 bits per heavy atom. The van der Waals surface area contributed by atoms with E-state index in [9.17, 15) is 0 Å². The second kappa shape index (κ2) is 6.78. The first-order chi connectivity index (χ1) is 9.20. The van der Waals surface area contributed by atoms with Crippen LogP contribution in [0.1, 0.15) is 29.7 Å². The molecule has 0 amide bonds. The zero-order valence-electron chi connectivity index (χ0n) is 11.8. The normalized spacial score (nSPS) is 12.4. The molecule has 0 aromatic heterocycles. The van der Waals surface area contributed by atoms with Gasteiger partial charge in [-0.25, -0.2) is 0 Å². The van der Waals surface area contributed by atoms with E-state index in [1.165, 1.54) is 21.6 Å². The monoisotopic (exact) mass is 271 g/mol. The molecule has 100 valence electrons. The molecule has 0 aliphatic carbocycles. The largest absolute Gasteiger partial charge is 0.306 e. The van der Waals surface area contributed by atoms with Gasteiger partial charge in [-0.15, -0.1) is 11.8 Å². The van der Waals surface area contributed by atoms with Gasteiger partial charge < -0.3 is 5.32 Å². The zero-order valence-corrected chi connectivity index (χ0v) is 12.6. The molecule has 2 heteroatoms. The molecule has 0 radical (unpaired) electrons. The highest BCUT2D eigenvalue weighted by Gasteiger charge is 2.06. The van der Waals surface area contributed by atoms with E-state index in [4.69, 9.17) is 0 Å². The molecule has 0 bridgehead atoms. The minimum absolute atomic E-state index is 0.376. The Hall–Kier alpha value is -1.25. The average Bonchev–Trinajstić information content (AvgIpc) is 2.46. The van der Waals surface area contributed by atoms with E-state index in [-0.39, 0.29) is 0 Å². The Labute approximate surface area is 120 Å². The van der Waals surface area contributed by atoms with Gasteiger partial charge in [0.2, 0.25) is 0 Å². The highest BCUT2D eigenvalue weighted by Crippen LogP contribution is 2.18. The van der Waals surface area contributed by atoms with Crippen LogP contribution in [0.15, 0.2) is 53.4 Å². The molecule has 0 aliphatic heterocycles. The minimum atomic E-state index is 0.376. The highest BCUT2D eigenvalue weighted by atomic mass is 32.2. The van der Waals surface area contributed by atoms with Crippen molar-refractivity contribution in [3.05, 3.63) is 65.2 Å². The Balaban J connectivity index is 1.96. The number of hydrogen-bond donors (Lipinski definition) is 1. The van der Waals surface area contributed by atoms with Gasteiger partial charge in [0.05, 0.1) is 0 Å². The second-order valence-corrected chi connectivity index (χ2v) is 5.69. The van der Waals surface area contributed by atoms with Gasteiger partial charge in [-0.3, -0.25) is 0 Å². The molecule has 0 heterocycles. The number of nitrogens with one attached hydrogen (secondary N) is 1. The van der Waals surface area contributed by atoms with Gasteiger partial charge in [0.25, 0.3) is 0 Å². The van der Waals surface area contributed by atoms with E-state index in [0.29, 0.717) is 6.04 Å². The fourth-order valence-electron chi connectivity index (χ4n) is 2.20. The van der Waals surface area contributed by atoms with Gasteiger partial charge in [0, 0.05) is 17.5 Å². The first-order valence-corrected chi connectivity index (χ1v) is 7.85. The first-order valence-electron chi connectivity index (χ1n) is 6.62. The zero-order chi connectivity index (χ0) is 13.7. The van der Waals surface area contributed by atoms with Crippen LogP contribution in [-0.4, -0.2) is 6.26 Å². The number of benzene rings is 2. The molecule has 1 nitrogen and oxygen atoms in total. The Bertz CT molecular complexity index is 519. The predicted octanol–water partition coefficient (Wildman–Crippen LogP) is 4.57. The molecule has 2 rings (SSSR count). The van der Waals surface area contributed by atoms with Crippen LogP contribution < -0.4 is 5.32 Å². The molecule has 0 saturated heterocycles. The second-order valence-electron chi connectivity index (χ2n) is 4.81. The van der Waals surface area contributed by atoms with Crippen molar-refractivity contribution in [3.8, 4) is 0 Å².